The van der Waals surface area contributed by atoms with Crippen molar-refractivity contribution in [1.82, 2.24) is 10.2 Å². The molecule has 23 heavy (non-hydrogen) atoms. The minimum atomic E-state index is -4.47. The van der Waals surface area contributed by atoms with Gasteiger partial charge in [-0.1, -0.05) is 54.6 Å². The van der Waals surface area contributed by atoms with E-state index >= 15 is 0 Å². The largest absolute Gasteiger partial charge is 0.435 e. The highest BCUT2D eigenvalue weighted by Gasteiger charge is 2.37. The molecule has 0 amide bonds. The summed E-state index contributed by atoms with van der Waals surface area (Å²) in [7, 11) is 0. The highest BCUT2D eigenvalue weighted by atomic mass is 19.4. The van der Waals surface area contributed by atoms with Crippen LogP contribution < -0.4 is 0 Å². The second-order valence-electron chi connectivity index (χ2n) is 5.43. The number of rotatable bonds is 3. The fourth-order valence-corrected chi connectivity index (χ4v) is 2.61. The third kappa shape index (κ3) is 3.28. The van der Waals surface area contributed by atoms with Crippen LogP contribution in [-0.2, 0) is 12.6 Å². The van der Waals surface area contributed by atoms with Crippen LogP contribution in [0, 0.1) is 6.92 Å². The lowest BCUT2D eigenvalue weighted by Gasteiger charge is -2.08. The molecule has 0 fully saturated rings. The molecule has 0 unspecified atom stereocenters. The van der Waals surface area contributed by atoms with Crippen molar-refractivity contribution in [3.05, 3.63) is 77.1 Å². The molecule has 118 valence electrons. The predicted molar refractivity (Wildman–Crippen MR) is 83.0 cm³/mol. The Kier molecular flexibility index (Phi) is 3.94. The van der Waals surface area contributed by atoms with E-state index in [1.54, 1.807) is 19.1 Å². The van der Waals surface area contributed by atoms with Crippen LogP contribution in [0.1, 0.15) is 22.5 Å². The number of benzene rings is 2. The van der Waals surface area contributed by atoms with Gasteiger partial charge in [-0.15, -0.1) is 0 Å². The number of halogens is 3. The molecule has 1 heterocycles. The van der Waals surface area contributed by atoms with Crippen LogP contribution in [0.3, 0.4) is 0 Å². The molecule has 3 aromatic rings. The summed E-state index contributed by atoms with van der Waals surface area (Å²) in [6.45, 7) is 1.59. The van der Waals surface area contributed by atoms with Crippen LogP contribution in [-0.4, -0.2) is 10.2 Å². The smallest absolute Gasteiger partial charge is 0.282 e. The number of aryl methyl sites for hydroxylation is 1. The van der Waals surface area contributed by atoms with Crippen LogP contribution in [0.25, 0.3) is 11.1 Å². The van der Waals surface area contributed by atoms with Crippen LogP contribution >= 0.6 is 0 Å². The Morgan fingerprint density at radius 3 is 2.13 bits per heavy atom. The Bertz CT molecular complexity index is 787. The first-order valence-corrected chi connectivity index (χ1v) is 7.20. The van der Waals surface area contributed by atoms with E-state index in [4.69, 9.17) is 0 Å². The Morgan fingerprint density at radius 1 is 0.913 bits per heavy atom. The molecule has 0 aliphatic rings. The predicted octanol–water partition coefficient (Wildman–Crippen LogP) is 4.99. The Labute approximate surface area is 132 Å². The van der Waals surface area contributed by atoms with Crippen molar-refractivity contribution in [2.24, 2.45) is 0 Å². The topological polar surface area (TPSA) is 28.7 Å². The molecular weight excluding hydrogens is 301 g/mol. The van der Waals surface area contributed by atoms with Gasteiger partial charge in [0.25, 0.3) is 0 Å². The van der Waals surface area contributed by atoms with Crippen molar-refractivity contribution in [2.75, 3.05) is 0 Å². The number of hydrogen-bond acceptors (Lipinski definition) is 1. The minimum Gasteiger partial charge on any atom is -0.282 e. The molecule has 1 N–H and O–H groups in total. The van der Waals surface area contributed by atoms with Crippen molar-refractivity contribution < 1.29 is 13.2 Å². The lowest BCUT2D eigenvalue weighted by molar-refractivity contribution is -0.140. The fraction of sp³-hybridized carbons (Fsp3) is 0.167. The van der Waals surface area contributed by atoms with Crippen LogP contribution in [0.2, 0.25) is 0 Å². The van der Waals surface area contributed by atoms with Gasteiger partial charge in [-0.2, -0.15) is 18.3 Å². The average Bonchev–Trinajstić information content (AvgIpc) is 2.91. The summed E-state index contributed by atoms with van der Waals surface area (Å²) in [5.41, 5.74) is 2.38. The Hall–Kier alpha value is -2.56. The van der Waals surface area contributed by atoms with Crippen molar-refractivity contribution in [1.29, 1.82) is 0 Å². The van der Waals surface area contributed by atoms with Crippen molar-refractivity contribution in [2.45, 2.75) is 19.5 Å². The number of hydrogen-bond donors (Lipinski definition) is 1. The van der Waals surface area contributed by atoms with Crippen molar-refractivity contribution in [3.8, 4) is 11.1 Å². The van der Waals surface area contributed by atoms with E-state index < -0.39 is 11.9 Å². The normalized spacial score (nSPS) is 11.7. The number of aromatic amines is 1. The van der Waals surface area contributed by atoms with Gasteiger partial charge in [-0.05, 0) is 30.0 Å². The summed E-state index contributed by atoms with van der Waals surface area (Å²) < 4.78 is 39.1. The summed E-state index contributed by atoms with van der Waals surface area (Å²) in [5, 5.41) is 5.83. The third-order valence-corrected chi connectivity index (χ3v) is 3.71. The molecule has 2 aromatic carbocycles. The van der Waals surface area contributed by atoms with Crippen LogP contribution in [0.5, 0.6) is 0 Å². The van der Waals surface area contributed by atoms with Crippen LogP contribution in [0.15, 0.2) is 54.6 Å². The maximum Gasteiger partial charge on any atom is 0.435 e. The van der Waals surface area contributed by atoms with E-state index in [0.717, 1.165) is 17.5 Å². The van der Waals surface area contributed by atoms with E-state index in [1.165, 1.54) is 0 Å². The molecule has 3 rings (SSSR count). The van der Waals surface area contributed by atoms with Gasteiger partial charge in [0.2, 0.25) is 0 Å². The lowest BCUT2D eigenvalue weighted by Crippen LogP contribution is -2.07. The van der Waals surface area contributed by atoms with Gasteiger partial charge in [-0.3, -0.25) is 5.10 Å². The molecule has 0 aliphatic heterocycles. The molecule has 0 saturated heterocycles. The lowest BCUT2D eigenvalue weighted by atomic mass is 9.99. The standard InChI is InChI=1S/C18H15F3N2/c1-12-16(17(23-22-12)18(19,20)21)15-9-7-14(8-10-15)11-13-5-3-2-4-6-13/h2-10H,11H2,1H3,(H,22,23). The van der Waals surface area contributed by atoms with E-state index in [2.05, 4.69) is 10.2 Å². The first-order chi connectivity index (χ1) is 10.9. The number of aromatic nitrogens is 2. The summed E-state index contributed by atoms with van der Waals surface area (Å²) >= 11 is 0. The SMILES string of the molecule is Cc1[nH]nc(C(F)(F)F)c1-c1ccc(Cc2ccccc2)cc1. The number of nitrogens with one attached hydrogen (secondary N) is 1. The number of alkyl halides is 3. The molecule has 2 nitrogen and oxygen atoms in total. The third-order valence-electron chi connectivity index (χ3n) is 3.71. The van der Waals surface area contributed by atoms with Gasteiger partial charge < -0.3 is 0 Å². The monoisotopic (exact) mass is 316 g/mol. The van der Waals surface area contributed by atoms with E-state index in [0.29, 0.717) is 11.3 Å². The summed E-state index contributed by atoms with van der Waals surface area (Å²) in [5.74, 6) is 0. The minimum absolute atomic E-state index is 0.115. The zero-order valence-electron chi connectivity index (χ0n) is 12.5. The molecule has 0 saturated carbocycles. The molecule has 1 aromatic heterocycles. The Morgan fingerprint density at radius 2 is 1.52 bits per heavy atom. The summed E-state index contributed by atoms with van der Waals surface area (Å²) in [6.07, 6.45) is -3.72. The maximum atomic E-state index is 13.0. The summed E-state index contributed by atoms with van der Waals surface area (Å²) in [4.78, 5) is 0. The number of H-pyrrole nitrogens is 1. The van der Waals surface area contributed by atoms with E-state index in [9.17, 15) is 13.2 Å². The van der Waals surface area contributed by atoms with Gasteiger partial charge in [0, 0.05) is 11.3 Å². The van der Waals surface area contributed by atoms with Gasteiger partial charge in [0.15, 0.2) is 5.69 Å². The zero-order chi connectivity index (χ0) is 16.4. The Balaban J connectivity index is 1.90. The summed E-state index contributed by atoms with van der Waals surface area (Å²) in [6, 6.07) is 17.1. The van der Waals surface area contributed by atoms with Gasteiger partial charge in [0.05, 0.1) is 0 Å². The molecule has 0 atom stereocenters. The average molecular weight is 316 g/mol. The van der Waals surface area contributed by atoms with Crippen LogP contribution in [0.4, 0.5) is 13.2 Å². The highest BCUT2D eigenvalue weighted by molar-refractivity contribution is 5.69. The first kappa shape index (κ1) is 15.3. The highest BCUT2D eigenvalue weighted by Crippen LogP contribution is 2.37. The van der Waals surface area contributed by atoms with Crippen molar-refractivity contribution in [3.63, 3.8) is 0 Å². The van der Waals surface area contributed by atoms with E-state index in [-0.39, 0.29) is 5.56 Å². The second-order valence-corrected chi connectivity index (χ2v) is 5.43. The molecule has 0 aliphatic carbocycles. The van der Waals surface area contributed by atoms with Gasteiger partial charge >= 0.3 is 6.18 Å². The molecule has 5 heteroatoms. The quantitative estimate of drug-likeness (QED) is 0.724. The van der Waals surface area contributed by atoms with E-state index in [1.807, 2.05) is 42.5 Å². The molecule has 0 spiro atoms. The second kappa shape index (κ2) is 5.91. The van der Waals surface area contributed by atoms with Gasteiger partial charge in [-0.25, -0.2) is 0 Å². The molecular formula is C18H15F3N2. The number of nitrogens with zero attached hydrogens (tertiary/aromatic N) is 1. The zero-order valence-corrected chi connectivity index (χ0v) is 12.5. The fourth-order valence-electron chi connectivity index (χ4n) is 2.61. The molecule has 0 bridgehead atoms. The van der Waals surface area contributed by atoms with Crippen molar-refractivity contribution >= 4 is 0 Å². The maximum absolute atomic E-state index is 13.0. The first-order valence-electron chi connectivity index (χ1n) is 7.20. The molecule has 0 radical (unpaired) electrons. The van der Waals surface area contributed by atoms with Gasteiger partial charge in [0.1, 0.15) is 0 Å².